The number of aromatic nitrogens is 5. The van der Waals surface area contributed by atoms with E-state index in [1.807, 2.05) is 35.2 Å². The van der Waals surface area contributed by atoms with Crippen LogP contribution >= 0.6 is 60.6 Å². The molecule has 0 bridgehead atoms. The lowest BCUT2D eigenvalue weighted by atomic mass is 9.94. The predicted molar refractivity (Wildman–Crippen MR) is 498 cm³/mol. The minimum atomic E-state index is -4.82. The van der Waals surface area contributed by atoms with Crippen LogP contribution in [-0.4, -0.2) is 249 Å². The van der Waals surface area contributed by atoms with Gasteiger partial charge in [0.25, 0.3) is 29.1 Å². The number of nitrogens with one attached hydrogen (secondary N) is 6. The monoisotopic (exact) mass is 2070 g/mol. The third kappa shape index (κ3) is 31.7. The quantitative estimate of drug-likeness (QED) is 0.0131. The van der Waals surface area contributed by atoms with Gasteiger partial charge in [-0.3, -0.25) is 14.4 Å². The first-order valence-corrected chi connectivity index (χ1v) is 49.8. The number of aliphatic hydroxyl groups is 2. The first kappa shape index (κ1) is 109. The molecule has 47 heteroatoms. The first-order chi connectivity index (χ1) is 63.6. The van der Waals surface area contributed by atoms with E-state index in [4.69, 9.17) is 44.8 Å². The molecule has 0 saturated carbocycles. The van der Waals surface area contributed by atoms with Crippen molar-refractivity contribution in [1.82, 2.24) is 65.4 Å². The van der Waals surface area contributed by atoms with E-state index in [1.165, 1.54) is 97.1 Å². The minimum Gasteiger partial charge on any atom is -0.481 e. The lowest BCUT2D eigenvalue weighted by Crippen LogP contribution is -2.56. The molecule has 3 amide bonds. The van der Waals surface area contributed by atoms with Crippen molar-refractivity contribution < 1.29 is 109 Å². The molecule has 12 heterocycles. The normalized spacial score (nSPS) is 17.6. The molecule has 33 nitrogen and oxygen atoms in total. The van der Waals surface area contributed by atoms with Crippen LogP contribution in [0.5, 0.6) is 29.4 Å². The summed E-state index contributed by atoms with van der Waals surface area (Å²) in [5.74, 6) is 1.33. The highest BCUT2D eigenvalue weighted by molar-refractivity contribution is 9.10. The molecule has 4 aliphatic rings. The number of sulfonamides is 2. The summed E-state index contributed by atoms with van der Waals surface area (Å²) in [4.78, 5) is 68.7. The van der Waals surface area contributed by atoms with E-state index in [9.17, 15) is 81.0 Å². The van der Waals surface area contributed by atoms with Gasteiger partial charge in [0, 0.05) is 170 Å². The Balaban J connectivity index is 0.000000200. The largest absolute Gasteiger partial charge is 0.481 e. The number of ether oxygens (including phenoxy) is 6. The Bertz CT molecular complexity index is 5720. The maximum Gasteiger partial charge on any atom is 0.421 e. The Morgan fingerprint density at radius 2 is 0.985 bits per heavy atom. The standard InChI is InChI=1S/C24H26F3N3O4S2.C15H19N3O3S2.C13H19N3O4.C11H13N3O3.C11H17N3O.C9H8BrF3O.C4H3ClO2S2/c1-23(31,24(25,26)27)18-7-9-19(10-8-18)30-13-12-29(36(32,33)21-6-4-14-35-21)16-20(30)15-17-5-3-11-28-22(17)34-2;1-21-15-12(4-2-6-17-15)10-13-11-18(8-7-16-13)23(19,20)14-5-3-9-22-14;1-3-20-13(18)10(16-11(17)8-14)7-9-5-4-6-15-12(9)19-2;1-17-11-7(3-2-4-12-11)5-8-10(16)13-6-9(15)14-8;1-15-11-9(3-2-4-14-11)7-10-8-12-5-6-13-10;1-8(14,9(11,12)13)6-2-4-7(10)5-3-6;5-9(6,7)4-2-1-3-8-4/h3-11,14,20,31H,12-13,15-16H2,1-2H3;2-6,9,13,16H,7-8,10-11H2,1H3;4-6,10H,3,7-8,14H2,1-2H3,(H,16,17);2-4,8H,5-6H2,1H3,(H,13,16)(H,14,15);2-4,10,12-13H,5-8H2,1H3;2-5,14H,1H3;1-3H. The van der Waals surface area contributed by atoms with Gasteiger partial charge in [-0.15, -0.1) is 34.0 Å². The molecule has 14 rings (SSSR count). The number of hydrogen-bond acceptors (Lipinski definition) is 31. The van der Waals surface area contributed by atoms with Crippen molar-refractivity contribution in [1.29, 1.82) is 0 Å². The zero-order valence-corrected chi connectivity index (χ0v) is 81.2. The Morgan fingerprint density at radius 1 is 0.560 bits per heavy atom. The number of benzene rings is 2. The van der Waals surface area contributed by atoms with Crippen LogP contribution in [0.1, 0.15) is 59.7 Å². The van der Waals surface area contributed by atoms with Gasteiger partial charge in [-0.05, 0) is 140 Å². The van der Waals surface area contributed by atoms with E-state index in [0.29, 0.717) is 102 Å². The van der Waals surface area contributed by atoms with Crippen LogP contribution in [0.2, 0.25) is 0 Å². The number of halogens is 8. The summed E-state index contributed by atoms with van der Waals surface area (Å²) in [6.07, 6.45) is 1.38. The number of thiophene rings is 3. The average molecular weight is 2070 g/mol. The second-order valence-corrected chi connectivity index (χ2v) is 40.7. The number of carbonyl (C=O) groups excluding carboxylic acids is 4. The average Bonchev–Trinajstić information content (AvgIpc) is 0.911. The van der Waals surface area contributed by atoms with Gasteiger partial charge in [0.05, 0.1) is 55.2 Å². The van der Waals surface area contributed by atoms with Crippen molar-refractivity contribution in [2.45, 2.75) is 119 Å². The topological polar surface area (TPSA) is 439 Å². The SMILES string of the molecule is CC(O)(c1ccc(Br)cc1)C(F)(F)F.CCOC(=O)C(Cc1cccnc1OC)NC(=O)CN.COc1ncccc1CC1CN(S(=O)(=O)c2cccs2)CCN1.COc1ncccc1CC1CN(S(=O)(=O)c2cccs2)CCN1c1ccc(C(C)(O)C(F)(F)F)cc1.COc1ncccc1CC1CNCCN1.COc1ncccc1CC1NC(=O)CNC1=O.O=S(=O)(Cl)c1cccs1. The van der Waals surface area contributed by atoms with E-state index >= 15 is 0 Å². The highest BCUT2D eigenvalue weighted by atomic mass is 79.9. The zero-order valence-electron chi connectivity index (χ0n) is 73.9. The van der Waals surface area contributed by atoms with E-state index < -0.39 is 76.6 Å². The van der Waals surface area contributed by atoms with E-state index in [-0.39, 0.29) is 82.7 Å². The van der Waals surface area contributed by atoms with Crippen molar-refractivity contribution in [3.8, 4) is 29.4 Å². The van der Waals surface area contributed by atoms with Crippen molar-refractivity contribution in [2.24, 2.45) is 5.73 Å². The summed E-state index contributed by atoms with van der Waals surface area (Å²) >= 11 is 6.61. The third-order valence-electron chi connectivity index (χ3n) is 20.6. The van der Waals surface area contributed by atoms with Crippen molar-refractivity contribution in [3.05, 3.63) is 236 Å². The van der Waals surface area contributed by atoms with Crippen LogP contribution < -0.4 is 66.2 Å². The van der Waals surface area contributed by atoms with Crippen molar-refractivity contribution in [3.63, 3.8) is 0 Å². The molecule has 4 aliphatic heterocycles. The van der Waals surface area contributed by atoms with Gasteiger partial charge in [-0.25, -0.2) is 55.0 Å². The molecule has 4 saturated heterocycles. The number of pyridine rings is 5. The molecular formula is C87H105BrClF6N15O18S6. The van der Waals surface area contributed by atoms with Gasteiger partial charge in [-0.2, -0.15) is 35.0 Å². The van der Waals surface area contributed by atoms with Crippen LogP contribution in [0, 0.1) is 0 Å². The van der Waals surface area contributed by atoms with Gasteiger partial charge in [0.2, 0.25) is 47.1 Å². The molecule has 134 heavy (non-hydrogen) atoms. The van der Waals surface area contributed by atoms with E-state index in [2.05, 4.69) is 78.8 Å². The van der Waals surface area contributed by atoms with Crippen LogP contribution in [0.3, 0.4) is 0 Å². The smallest absolute Gasteiger partial charge is 0.421 e. The fraction of sp³-hybridized carbons (Fsp3) is 0.391. The number of nitrogens with zero attached hydrogens (tertiary/aromatic N) is 8. The van der Waals surface area contributed by atoms with Crippen molar-refractivity contribution in [2.75, 3.05) is 119 Å². The number of piperazine rings is 4. The summed E-state index contributed by atoms with van der Waals surface area (Å²) in [6, 6.07) is 38.0. The molecule has 0 spiro atoms. The summed E-state index contributed by atoms with van der Waals surface area (Å²) in [5, 5.41) is 42.3. The number of alkyl halides is 6. The highest BCUT2D eigenvalue weighted by Crippen LogP contribution is 2.41. The minimum absolute atomic E-state index is 0.0385. The zero-order chi connectivity index (χ0) is 98.0. The summed E-state index contributed by atoms with van der Waals surface area (Å²) in [5.41, 5.74) is 4.05. The number of amides is 3. The molecule has 0 radical (unpaired) electrons. The van der Waals surface area contributed by atoms with Crippen LogP contribution in [-0.2, 0) is 96.3 Å². The summed E-state index contributed by atoms with van der Waals surface area (Å²) in [6.45, 7) is 8.60. The number of carbonyl (C=O) groups is 4. The maximum absolute atomic E-state index is 13.3. The number of rotatable bonds is 27. The molecular weight excluding hydrogens is 1960 g/mol. The van der Waals surface area contributed by atoms with E-state index in [1.54, 1.807) is 127 Å². The van der Waals surface area contributed by atoms with Gasteiger partial charge < -0.3 is 81.2 Å². The Hall–Kier alpha value is -10.2. The number of nitrogens with two attached hydrogens (primary N) is 1. The first-order valence-electron chi connectivity index (χ1n) is 41.2. The Labute approximate surface area is 797 Å². The van der Waals surface area contributed by atoms with E-state index in [0.717, 1.165) is 78.2 Å². The lowest BCUT2D eigenvalue weighted by Gasteiger charge is -2.42. The van der Waals surface area contributed by atoms with Crippen molar-refractivity contribution >= 4 is 119 Å². The summed E-state index contributed by atoms with van der Waals surface area (Å²) < 4.78 is 185. The molecule has 4 fully saturated rings. The molecule has 10 N–H and O–H groups in total. The molecule has 7 atom stereocenters. The van der Waals surface area contributed by atoms with Crippen LogP contribution in [0.25, 0.3) is 0 Å². The molecule has 10 aromatic rings. The Kier molecular flexibility index (Phi) is 42.1. The lowest BCUT2D eigenvalue weighted by molar-refractivity contribution is -0.259. The third-order valence-corrected chi connectivity index (χ3v) is 30.6. The molecule has 8 aromatic heterocycles. The molecule has 2 aromatic carbocycles. The number of hydrogen-bond donors (Lipinski definition) is 9. The predicted octanol–water partition coefficient (Wildman–Crippen LogP) is 9.38. The fourth-order valence-electron chi connectivity index (χ4n) is 13.6. The highest BCUT2D eigenvalue weighted by Gasteiger charge is 2.52. The maximum atomic E-state index is 13.3. The number of esters is 1. The second-order valence-electron chi connectivity index (χ2n) is 29.8. The van der Waals surface area contributed by atoms with Gasteiger partial charge in [0.15, 0.2) is 11.2 Å². The van der Waals surface area contributed by atoms with Crippen LogP contribution in [0.4, 0.5) is 32.0 Å². The van der Waals surface area contributed by atoms with Gasteiger partial charge in [0.1, 0.15) is 24.7 Å². The molecule has 728 valence electrons. The molecule has 0 aliphatic carbocycles. The van der Waals surface area contributed by atoms with Gasteiger partial charge >= 0.3 is 18.3 Å². The number of anilines is 1. The van der Waals surface area contributed by atoms with Crippen LogP contribution in [0.15, 0.2) is 210 Å². The fourth-order valence-corrected chi connectivity index (χ4v) is 20.9. The number of methoxy groups -OCH3 is 5. The van der Waals surface area contributed by atoms with Gasteiger partial charge in [-0.1, -0.05) is 88.7 Å². The molecule has 7 unspecified atom stereocenters. The Morgan fingerprint density at radius 3 is 1.40 bits per heavy atom. The second kappa shape index (κ2) is 51.7. The summed E-state index contributed by atoms with van der Waals surface area (Å²) in [7, 11) is 2.20.